The molecular weight excluding hydrogens is 220 g/mol. The van der Waals surface area contributed by atoms with Gasteiger partial charge in [0, 0.05) is 6.04 Å². The number of hydrogen-bond donors (Lipinski definition) is 2. The maximum Gasteiger partial charge on any atom is 0.0295 e. The van der Waals surface area contributed by atoms with Gasteiger partial charge in [0.25, 0.3) is 0 Å². The molecule has 2 rings (SSSR count). The third-order valence-corrected chi connectivity index (χ3v) is 6.01. The molecule has 18 heavy (non-hydrogen) atoms. The molecule has 2 aliphatic rings. The molecule has 0 aromatic carbocycles. The molecule has 3 unspecified atom stereocenters. The van der Waals surface area contributed by atoms with Gasteiger partial charge >= 0.3 is 0 Å². The Balaban J connectivity index is 2.07. The van der Waals surface area contributed by atoms with Crippen molar-refractivity contribution in [3.8, 4) is 0 Å². The summed E-state index contributed by atoms with van der Waals surface area (Å²) >= 11 is 0. The number of hydrogen-bond acceptors (Lipinski definition) is 2. The Hall–Kier alpha value is -0.0800. The average Bonchev–Trinajstić information content (AvgIpc) is 2.90. The lowest BCUT2D eigenvalue weighted by Crippen LogP contribution is -2.52. The lowest BCUT2D eigenvalue weighted by Gasteiger charge is -2.44. The monoisotopic (exact) mass is 252 g/mol. The Bertz CT molecular complexity index is 245. The second kappa shape index (κ2) is 6.38. The number of nitrogens with one attached hydrogen (secondary N) is 1. The quantitative estimate of drug-likeness (QED) is 0.573. The fraction of sp³-hybridized carbons (Fsp3) is 1.00. The van der Waals surface area contributed by atoms with Crippen molar-refractivity contribution in [3.05, 3.63) is 0 Å². The summed E-state index contributed by atoms with van der Waals surface area (Å²) in [5.74, 6) is 7.76. The van der Waals surface area contributed by atoms with E-state index >= 15 is 0 Å². The van der Waals surface area contributed by atoms with E-state index in [2.05, 4.69) is 19.3 Å². The van der Waals surface area contributed by atoms with E-state index in [4.69, 9.17) is 5.84 Å². The minimum absolute atomic E-state index is 0.509. The van der Waals surface area contributed by atoms with Crippen molar-refractivity contribution in [2.24, 2.45) is 23.1 Å². The third kappa shape index (κ3) is 2.75. The summed E-state index contributed by atoms with van der Waals surface area (Å²) in [5.41, 5.74) is 3.76. The van der Waals surface area contributed by atoms with Crippen LogP contribution in [0.5, 0.6) is 0 Å². The van der Waals surface area contributed by atoms with Crippen LogP contribution in [0.4, 0.5) is 0 Å². The van der Waals surface area contributed by atoms with Crippen molar-refractivity contribution in [3.63, 3.8) is 0 Å². The predicted octanol–water partition coefficient (Wildman–Crippen LogP) is 4.01. The summed E-state index contributed by atoms with van der Waals surface area (Å²) in [6, 6.07) is 0.569. The molecule has 0 spiro atoms. The molecule has 2 heteroatoms. The highest BCUT2D eigenvalue weighted by Crippen LogP contribution is 2.48. The van der Waals surface area contributed by atoms with Gasteiger partial charge in [0.2, 0.25) is 0 Å². The molecule has 0 amide bonds. The highest BCUT2D eigenvalue weighted by atomic mass is 15.2. The normalized spacial score (nSPS) is 33.5. The zero-order valence-electron chi connectivity index (χ0n) is 12.4. The van der Waals surface area contributed by atoms with Crippen molar-refractivity contribution >= 4 is 0 Å². The Morgan fingerprint density at radius 3 is 2.44 bits per heavy atom. The third-order valence-electron chi connectivity index (χ3n) is 6.01. The van der Waals surface area contributed by atoms with Crippen LogP contribution in [0, 0.1) is 17.3 Å². The minimum Gasteiger partial charge on any atom is -0.271 e. The molecule has 106 valence electrons. The van der Waals surface area contributed by atoms with Crippen molar-refractivity contribution in [1.82, 2.24) is 5.43 Å². The molecule has 0 saturated heterocycles. The summed E-state index contributed by atoms with van der Waals surface area (Å²) in [4.78, 5) is 0. The van der Waals surface area contributed by atoms with E-state index in [1.165, 1.54) is 64.2 Å². The average molecular weight is 252 g/mol. The van der Waals surface area contributed by atoms with E-state index in [9.17, 15) is 0 Å². The fourth-order valence-corrected chi connectivity index (χ4v) is 4.78. The van der Waals surface area contributed by atoms with Gasteiger partial charge in [-0.05, 0) is 49.4 Å². The summed E-state index contributed by atoms with van der Waals surface area (Å²) in [6.07, 6.45) is 13.9. The molecule has 2 aliphatic carbocycles. The van der Waals surface area contributed by atoms with Crippen LogP contribution < -0.4 is 11.3 Å². The van der Waals surface area contributed by atoms with Crippen LogP contribution in [0.2, 0.25) is 0 Å². The van der Waals surface area contributed by atoms with E-state index in [1.807, 2.05) is 0 Å². The van der Waals surface area contributed by atoms with Gasteiger partial charge in [-0.15, -0.1) is 0 Å². The molecular formula is C16H32N2. The Labute approximate surface area is 113 Å². The van der Waals surface area contributed by atoms with Crippen LogP contribution >= 0.6 is 0 Å². The Morgan fingerprint density at radius 2 is 1.89 bits per heavy atom. The Morgan fingerprint density at radius 1 is 1.17 bits per heavy atom. The maximum absolute atomic E-state index is 5.98. The van der Waals surface area contributed by atoms with Gasteiger partial charge in [-0.2, -0.15) is 0 Å². The van der Waals surface area contributed by atoms with Gasteiger partial charge < -0.3 is 0 Å². The van der Waals surface area contributed by atoms with Gasteiger partial charge in [-0.25, -0.2) is 0 Å². The molecule has 0 heterocycles. The zero-order chi connectivity index (χ0) is 13.0. The lowest BCUT2D eigenvalue weighted by molar-refractivity contribution is 0.0926. The second-order valence-electron chi connectivity index (χ2n) is 6.77. The lowest BCUT2D eigenvalue weighted by atomic mass is 9.66. The molecule has 0 radical (unpaired) electrons. The number of rotatable bonds is 5. The van der Waals surface area contributed by atoms with E-state index < -0.39 is 0 Å². The van der Waals surface area contributed by atoms with Crippen LogP contribution in [0.3, 0.4) is 0 Å². The number of nitrogens with two attached hydrogens (primary N) is 1. The van der Waals surface area contributed by atoms with Gasteiger partial charge in [0.15, 0.2) is 0 Å². The molecule has 0 bridgehead atoms. The summed E-state index contributed by atoms with van der Waals surface area (Å²) in [7, 11) is 0. The zero-order valence-corrected chi connectivity index (χ0v) is 12.4. The first-order valence-electron chi connectivity index (χ1n) is 8.22. The van der Waals surface area contributed by atoms with Crippen LogP contribution in [-0.4, -0.2) is 6.04 Å². The molecule has 2 nitrogen and oxygen atoms in total. The summed E-state index contributed by atoms with van der Waals surface area (Å²) in [6.45, 7) is 4.72. The van der Waals surface area contributed by atoms with Gasteiger partial charge in [0.1, 0.15) is 0 Å². The first-order chi connectivity index (χ1) is 8.75. The minimum atomic E-state index is 0.509. The molecule has 2 saturated carbocycles. The van der Waals surface area contributed by atoms with E-state index in [0.29, 0.717) is 11.5 Å². The molecule has 0 aromatic heterocycles. The molecule has 2 fully saturated rings. The van der Waals surface area contributed by atoms with Crippen LogP contribution in [0.15, 0.2) is 0 Å². The summed E-state index contributed by atoms with van der Waals surface area (Å²) < 4.78 is 0. The molecule has 0 aliphatic heterocycles. The maximum atomic E-state index is 5.98. The van der Waals surface area contributed by atoms with Crippen LogP contribution in [0.1, 0.15) is 78.1 Å². The van der Waals surface area contributed by atoms with Crippen molar-refractivity contribution < 1.29 is 0 Å². The SMILES string of the molecule is CCC1CCCC(C(NN)C2(CC)CCCC2)C1. The Kier molecular flexibility index (Phi) is 5.08. The van der Waals surface area contributed by atoms with Gasteiger partial charge in [-0.3, -0.25) is 11.3 Å². The van der Waals surface area contributed by atoms with E-state index in [1.54, 1.807) is 0 Å². The standard InChI is InChI=1S/C16H32N2/c1-3-13-8-7-9-14(12-13)15(18-17)16(4-2)10-5-6-11-16/h13-15,18H,3-12,17H2,1-2H3. The number of hydrazine groups is 1. The molecule has 3 atom stereocenters. The highest BCUT2D eigenvalue weighted by Gasteiger charge is 2.43. The van der Waals surface area contributed by atoms with E-state index in [-0.39, 0.29) is 0 Å². The topological polar surface area (TPSA) is 38.0 Å². The first-order valence-corrected chi connectivity index (χ1v) is 8.22. The first kappa shape index (κ1) is 14.3. The smallest absolute Gasteiger partial charge is 0.0295 e. The fourth-order valence-electron chi connectivity index (χ4n) is 4.78. The summed E-state index contributed by atoms with van der Waals surface area (Å²) in [5, 5.41) is 0. The highest BCUT2D eigenvalue weighted by molar-refractivity contribution is 4.97. The largest absolute Gasteiger partial charge is 0.271 e. The van der Waals surface area contributed by atoms with Gasteiger partial charge in [-0.1, -0.05) is 46.0 Å². The van der Waals surface area contributed by atoms with E-state index in [0.717, 1.165) is 11.8 Å². The van der Waals surface area contributed by atoms with Crippen molar-refractivity contribution in [2.75, 3.05) is 0 Å². The van der Waals surface area contributed by atoms with Crippen molar-refractivity contribution in [1.29, 1.82) is 0 Å². The van der Waals surface area contributed by atoms with Crippen molar-refractivity contribution in [2.45, 2.75) is 84.1 Å². The second-order valence-corrected chi connectivity index (χ2v) is 6.77. The predicted molar refractivity (Wildman–Crippen MR) is 78.0 cm³/mol. The van der Waals surface area contributed by atoms with Crippen LogP contribution in [0.25, 0.3) is 0 Å². The molecule has 3 N–H and O–H groups in total. The molecule has 0 aromatic rings. The van der Waals surface area contributed by atoms with Gasteiger partial charge in [0.05, 0.1) is 0 Å². The van der Waals surface area contributed by atoms with Crippen LogP contribution in [-0.2, 0) is 0 Å².